The summed E-state index contributed by atoms with van der Waals surface area (Å²) in [4.78, 5) is 4.04. The smallest absolute Gasteiger partial charge is 0.125 e. The van der Waals surface area contributed by atoms with Crippen LogP contribution in [0.3, 0.4) is 0 Å². The number of pyridine rings is 1. The van der Waals surface area contributed by atoms with Gasteiger partial charge in [-0.2, -0.15) is 0 Å². The van der Waals surface area contributed by atoms with Crippen molar-refractivity contribution < 1.29 is 4.74 Å². The highest BCUT2D eigenvalue weighted by Gasteiger charge is 2.06. The van der Waals surface area contributed by atoms with E-state index in [4.69, 9.17) is 16.3 Å². The van der Waals surface area contributed by atoms with Crippen LogP contribution in [0.4, 0.5) is 0 Å². The van der Waals surface area contributed by atoms with E-state index in [0.717, 1.165) is 16.9 Å². The van der Waals surface area contributed by atoms with Gasteiger partial charge in [0.25, 0.3) is 0 Å². The SMILES string of the molecule is Clc1cccc(OCc2cccnc2)c1CBr. The lowest BCUT2D eigenvalue weighted by Gasteiger charge is -2.11. The highest BCUT2D eigenvalue weighted by Crippen LogP contribution is 2.28. The van der Waals surface area contributed by atoms with Crippen molar-refractivity contribution in [1.82, 2.24) is 4.98 Å². The summed E-state index contributed by atoms with van der Waals surface area (Å²) in [6.07, 6.45) is 3.53. The van der Waals surface area contributed by atoms with E-state index in [1.807, 2.05) is 30.3 Å². The molecule has 0 N–H and O–H groups in total. The number of nitrogens with zero attached hydrogens (tertiary/aromatic N) is 1. The van der Waals surface area contributed by atoms with Gasteiger partial charge in [0.15, 0.2) is 0 Å². The standard InChI is InChI=1S/C13H11BrClNO/c14-7-11-12(15)4-1-5-13(11)17-9-10-3-2-6-16-8-10/h1-6,8H,7,9H2. The molecule has 0 fully saturated rings. The number of alkyl halides is 1. The molecular formula is C13H11BrClNO. The maximum absolute atomic E-state index is 6.09. The van der Waals surface area contributed by atoms with Crippen LogP contribution in [0.5, 0.6) is 5.75 Å². The third-order valence-corrected chi connectivity index (χ3v) is 3.24. The minimum atomic E-state index is 0.494. The second-order valence-electron chi connectivity index (χ2n) is 3.50. The van der Waals surface area contributed by atoms with Crippen LogP contribution in [0.25, 0.3) is 0 Å². The Morgan fingerprint density at radius 2 is 2.12 bits per heavy atom. The highest BCUT2D eigenvalue weighted by molar-refractivity contribution is 9.08. The second-order valence-corrected chi connectivity index (χ2v) is 4.47. The number of hydrogen-bond acceptors (Lipinski definition) is 2. The van der Waals surface area contributed by atoms with Gasteiger partial charge >= 0.3 is 0 Å². The minimum Gasteiger partial charge on any atom is -0.488 e. The number of rotatable bonds is 4. The zero-order chi connectivity index (χ0) is 12.1. The number of ether oxygens (including phenoxy) is 1. The Kier molecular flexibility index (Phi) is 4.40. The topological polar surface area (TPSA) is 22.1 Å². The number of benzene rings is 1. The van der Waals surface area contributed by atoms with Gasteiger partial charge in [-0.05, 0) is 18.2 Å². The molecule has 0 amide bonds. The molecule has 0 spiro atoms. The summed E-state index contributed by atoms with van der Waals surface area (Å²) in [6.45, 7) is 0.494. The van der Waals surface area contributed by atoms with Gasteiger partial charge < -0.3 is 4.74 Å². The average molecular weight is 313 g/mol. The first-order valence-corrected chi connectivity index (χ1v) is 6.66. The molecule has 2 rings (SSSR count). The van der Waals surface area contributed by atoms with E-state index in [9.17, 15) is 0 Å². The molecular weight excluding hydrogens is 302 g/mol. The number of hydrogen-bond donors (Lipinski definition) is 0. The van der Waals surface area contributed by atoms with Crippen molar-refractivity contribution in [3.8, 4) is 5.75 Å². The molecule has 0 aliphatic rings. The molecule has 17 heavy (non-hydrogen) atoms. The highest BCUT2D eigenvalue weighted by atomic mass is 79.9. The van der Waals surface area contributed by atoms with Crippen molar-refractivity contribution in [1.29, 1.82) is 0 Å². The lowest BCUT2D eigenvalue weighted by molar-refractivity contribution is 0.303. The van der Waals surface area contributed by atoms with Crippen molar-refractivity contribution in [3.63, 3.8) is 0 Å². The number of halogens is 2. The molecule has 0 saturated heterocycles. The van der Waals surface area contributed by atoms with Crippen molar-refractivity contribution in [2.24, 2.45) is 0 Å². The normalized spacial score (nSPS) is 10.2. The van der Waals surface area contributed by atoms with Crippen LogP contribution in [0, 0.1) is 0 Å². The first kappa shape index (κ1) is 12.4. The van der Waals surface area contributed by atoms with E-state index in [1.54, 1.807) is 12.4 Å². The van der Waals surface area contributed by atoms with Gasteiger partial charge in [-0.3, -0.25) is 4.98 Å². The zero-order valence-electron chi connectivity index (χ0n) is 9.07. The molecule has 0 atom stereocenters. The summed E-state index contributed by atoms with van der Waals surface area (Å²) in [5.74, 6) is 0.804. The van der Waals surface area contributed by atoms with E-state index >= 15 is 0 Å². The summed E-state index contributed by atoms with van der Waals surface area (Å²) in [7, 11) is 0. The lowest BCUT2D eigenvalue weighted by Crippen LogP contribution is -1.98. The van der Waals surface area contributed by atoms with Crippen LogP contribution in [0.15, 0.2) is 42.7 Å². The van der Waals surface area contributed by atoms with Crippen LogP contribution in [0.1, 0.15) is 11.1 Å². The lowest BCUT2D eigenvalue weighted by atomic mass is 10.2. The minimum absolute atomic E-state index is 0.494. The molecule has 88 valence electrons. The molecule has 0 aliphatic heterocycles. The van der Waals surface area contributed by atoms with E-state index < -0.39 is 0 Å². The van der Waals surface area contributed by atoms with Gasteiger partial charge in [0.2, 0.25) is 0 Å². The molecule has 1 aromatic carbocycles. The van der Waals surface area contributed by atoms with Gasteiger partial charge in [-0.15, -0.1) is 0 Å². The maximum atomic E-state index is 6.09. The zero-order valence-corrected chi connectivity index (χ0v) is 11.4. The Morgan fingerprint density at radius 3 is 2.82 bits per heavy atom. The summed E-state index contributed by atoms with van der Waals surface area (Å²) in [6, 6.07) is 9.52. The molecule has 0 radical (unpaired) electrons. The molecule has 0 unspecified atom stereocenters. The van der Waals surface area contributed by atoms with Crippen molar-refractivity contribution >= 4 is 27.5 Å². The molecule has 2 aromatic rings. The van der Waals surface area contributed by atoms with Crippen molar-refractivity contribution in [3.05, 3.63) is 58.9 Å². The maximum Gasteiger partial charge on any atom is 0.125 e. The summed E-state index contributed by atoms with van der Waals surface area (Å²) >= 11 is 9.50. The van der Waals surface area contributed by atoms with E-state index in [-0.39, 0.29) is 0 Å². The quantitative estimate of drug-likeness (QED) is 0.789. The first-order chi connectivity index (χ1) is 8.31. The van der Waals surface area contributed by atoms with E-state index in [1.165, 1.54) is 0 Å². The van der Waals surface area contributed by atoms with Crippen molar-refractivity contribution in [2.45, 2.75) is 11.9 Å². The fraction of sp³-hybridized carbons (Fsp3) is 0.154. The molecule has 1 aromatic heterocycles. The Labute approximate surface area is 114 Å². The third kappa shape index (κ3) is 3.20. The molecule has 0 saturated carbocycles. The Morgan fingerprint density at radius 1 is 1.24 bits per heavy atom. The monoisotopic (exact) mass is 311 g/mol. The summed E-state index contributed by atoms with van der Waals surface area (Å²) < 4.78 is 5.74. The van der Waals surface area contributed by atoms with Crippen LogP contribution < -0.4 is 4.74 Å². The predicted molar refractivity (Wildman–Crippen MR) is 72.7 cm³/mol. The van der Waals surface area contributed by atoms with E-state index in [2.05, 4.69) is 20.9 Å². The van der Waals surface area contributed by atoms with Crippen molar-refractivity contribution in [2.75, 3.05) is 0 Å². The molecule has 4 heteroatoms. The van der Waals surface area contributed by atoms with Gasteiger partial charge in [0.1, 0.15) is 12.4 Å². The Hall–Kier alpha value is -1.06. The van der Waals surface area contributed by atoms with Crippen LogP contribution in [0.2, 0.25) is 5.02 Å². The summed E-state index contributed by atoms with van der Waals surface area (Å²) in [5, 5.41) is 1.39. The van der Waals surface area contributed by atoms with E-state index in [0.29, 0.717) is 17.0 Å². The molecule has 1 heterocycles. The van der Waals surface area contributed by atoms with Crippen LogP contribution in [-0.4, -0.2) is 4.98 Å². The van der Waals surface area contributed by atoms with Crippen LogP contribution >= 0.6 is 27.5 Å². The fourth-order valence-electron chi connectivity index (χ4n) is 1.45. The van der Waals surface area contributed by atoms with Gasteiger partial charge in [0, 0.05) is 33.9 Å². The molecule has 0 bridgehead atoms. The molecule has 2 nitrogen and oxygen atoms in total. The fourth-order valence-corrected chi connectivity index (χ4v) is 2.42. The number of aromatic nitrogens is 1. The Balaban J connectivity index is 2.12. The Bertz CT molecular complexity index is 490. The average Bonchev–Trinajstić information content (AvgIpc) is 2.37. The van der Waals surface area contributed by atoms with Gasteiger partial charge in [0.05, 0.1) is 0 Å². The third-order valence-electron chi connectivity index (χ3n) is 2.33. The van der Waals surface area contributed by atoms with Crippen LogP contribution in [-0.2, 0) is 11.9 Å². The van der Waals surface area contributed by atoms with Gasteiger partial charge in [-0.25, -0.2) is 0 Å². The summed E-state index contributed by atoms with van der Waals surface area (Å²) in [5.41, 5.74) is 2.01. The molecule has 0 aliphatic carbocycles. The second kappa shape index (κ2) is 6.03. The predicted octanol–water partition coefficient (Wildman–Crippen LogP) is 4.21. The first-order valence-electron chi connectivity index (χ1n) is 5.16. The largest absolute Gasteiger partial charge is 0.488 e. The van der Waals surface area contributed by atoms with Gasteiger partial charge in [-0.1, -0.05) is 39.7 Å².